The fraction of sp³-hybridized carbons (Fsp3) is 0.533. The van der Waals surface area contributed by atoms with Crippen LogP contribution in [0.25, 0.3) is 11.1 Å². The fourth-order valence-corrected chi connectivity index (χ4v) is 5.45. The van der Waals surface area contributed by atoms with Crippen molar-refractivity contribution >= 4 is 0 Å². The number of aryl methyl sites for hydroxylation is 1. The van der Waals surface area contributed by atoms with Crippen molar-refractivity contribution in [3.63, 3.8) is 0 Å². The van der Waals surface area contributed by atoms with Crippen LogP contribution in [-0.4, -0.2) is 19.3 Å². The van der Waals surface area contributed by atoms with Crippen LogP contribution in [0.15, 0.2) is 36.4 Å². The highest BCUT2D eigenvalue weighted by Gasteiger charge is 2.28. The molecule has 4 unspecified atom stereocenters. The highest BCUT2D eigenvalue weighted by atomic mass is 19.2. The van der Waals surface area contributed by atoms with Gasteiger partial charge >= 0.3 is 0 Å². The molecule has 4 atom stereocenters. The molecule has 0 aliphatic carbocycles. The molecule has 4 rings (SSSR count). The summed E-state index contributed by atoms with van der Waals surface area (Å²) < 4.78 is 71.6. The third kappa shape index (κ3) is 6.03. The van der Waals surface area contributed by atoms with Crippen molar-refractivity contribution in [3.8, 4) is 11.1 Å². The number of rotatable bonds is 8. The van der Waals surface area contributed by atoms with Crippen LogP contribution < -0.4 is 0 Å². The molecular weight excluding hydrogens is 468 g/mol. The van der Waals surface area contributed by atoms with Gasteiger partial charge in [0.2, 0.25) is 0 Å². The van der Waals surface area contributed by atoms with E-state index in [2.05, 4.69) is 6.92 Å². The summed E-state index contributed by atoms with van der Waals surface area (Å²) in [5.74, 6) is -3.82. The summed E-state index contributed by atoms with van der Waals surface area (Å²) in [4.78, 5) is 0. The first-order valence-electron chi connectivity index (χ1n) is 13.2. The van der Waals surface area contributed by atoms with Crippen molar-refractivity contribution in [3.05, 3.63) is 70.8 Å². The summed E-state index contributed by atoms with van der Waals surface area (Å²) >= 11 is 0. The second-order valence-corrected chi connectivity index (χ2v) is 10.1. The molecule has 0 spiro atoms. The largest absolute Gasteiger partial charge is 0.378 e. The maximum atomic E-state index is 15.0. The Hall–Kier alpha value is -2.18. The molecule has 2 saturated heterocycles. The first-order chi connectivity index (χ1) is 17.4. The van der Waals surface area contributed by atoms with Crippen molar-refractivity contribution < 1.29 is 27.0 Å². The van der Waals surface area contributed by atoms with Gasteiger partial charge in [0.25, 0.3) is 0 Å². The van der Waals surface area contributed by atoms with E-state index in [4.69, 9.17) is 9.47 Å². The summed E-state index contributed by atoms with van der Waals surface area (Å²) in [6.07, 6.45) is 10.4. The van der Waals surface area contributed by atoms with Crippen LogP contribution in [0.3, 0.4) is 0 Å². The summed E-state index contributed by atoms with van der Waals surface area (Å²) in [6, 6.07) is 5.57. The van der Waals surface area contributed by atoms with Crippen LogP contribution in [-0.2, 0) is 15.9 Å². The first-order valence-corrected chi connectivity index (χ1v) is 13.2. The van der Waals surface area contributed by atoms with Gasteiger partial charge in [-0.3, -0.25) is 0 Å². The highest BCUT2D eigenvalue weighted by Crippen LogP contribution is 2.37. The van der Waals surface area contributed by atoms with Crippen LogP contribution >= 0.6 is 0 Å². The third-order valence-corrected chi connectivity index (χ3v) is 7.58. The molecule has 2 aromatic carbocycles. The number of hydrogen-bond donors (Lipinski definition) is 0. The van der Waals surface area contributed by atoms with E-state index in [1.807, 2.05) is 19.1 Å². The third-order valence-electron chi connectivity index (χ3n) is 7.58. The summed E-state index contributed by atoms with van der Waals surface area (Å²) in [6.45, 7) is 5.15. The molecule has 0 aromatic heterocycles. The zero-order valence-corrected chi connectivity index (χ0v) is 21.2. The van der Waals surface area contributed by atoms with E-state index in [-0.39, 0.29) is 28.2 Å². The maximum Gasteiger partial charge on any atom is 0.167 e. The second kappa shape index (κ2) is 12.4. The molecule has 36 heavy (non-hydrogen) atoms. The normalized spacial score (nSPS) is 24.9. The van der Waals surface area contributed by atoms with E-state index in [0.717, 1.165) is 32.1 Å². The number of ether oxygens (including phenoxy) is 2. The SMILES string of the molecule is CC=CC1CCC(c2ccc(-c3ccc(CCC4CCC(CCC)OC4)c(F)c3F)c(F)c2F)OC1. The van der Waals surface area contributed by atoms with E-state index >= 15 is 8.78 Å². The Morgan fingerprint density at radius 1 is 0.806 bits per heavy atom. The van der Waals surface area contributed by atoms with Crippen molar-refractivity contribution in [2.24, 2.45) is 11.8 Å². The fourth-order valence-electron chi connectivity index (χ4n) is 5.45. The van der Waals surface area contributed by atoms with Gasteiger partial charge in [-0.1, -0.05) is 49.8 Å². The van der Waals surface area contributed by atoms with Crippen LogP contribution in [0.5, 0.6) is 0 Å². The van der Waals surface area contributed by atoms with E-state index in [1.165, 1.54) is 24.3 Å². The molecule has 0 amide bonds. The summed E-state index contributed by atoms with van der Waals surface area (Å²) in [5.41, 5.74) is -0.205. The Morgan fingerprint density at radius 2 is 1.56 bits per heavy atom. The smallest absolute Gasteiger partial charge is 0.167 e. The standard InChI is InChI=1S/C30H36F4O2/c1-3-5-19-9-16-26(36-18-19)25-15-14-24(29(33)30(25)34)23-13-11-21(27(31)28(23)32)10-7-20-8-12-22(6-4-2)35-17-20/h3,5,11,13-15,19-20,22,26H,4,6-10,12,16-18H2,1-2H3. The predicted octanol–water partition coefficient (Wildman–Crippen LogP) is 8.48. The van der Waals surface area contributed by atoms with Gasteiger partial charge in [0.1, 0.15) is 0 Å². The Morgan fingerprint density at radius 3 is 2.19 bits per heavy atom. The Bertz CT molecular complexity index is 1050. The molecule has 2 fully saturated rings. The summed E-state index contributed by atoms with van der Waals surface area (Å²) in [7, 11) is 0. The van der Waals surface area contributed by atoms with Crippen LogP contribution in [0.1, 0.15) is 76.0 Å². The highest BCUT2D eigenvalue weighted by molar-refractivity contribution is 5.66. The molecule has 2 heterocycles. The zero-order chi connectivity index (χ0) is 25.7. The average molecular weight is 505 g/mol. The van der Waals surface area contributed by atoms with Gasteiger partial charge in [-0.2, -0.15) is 0 Å². The number of halogens is 4. The van der Waals surface area contributed by atoms with E-state index in [0.29, 0.717) is 44.5 Å². The molecule has 196 valence electrons. The Labute approximate surface area is 211 Å². The topological polar surface area (TPSA) is 18.5 Å². The molecule has 0 bridgehead atoms. The quantitative estimate of drug-likeness (QED) is 0.265. The zero-order valence-electron chi connectivity index (χ0n) is 21.2. The molecular formula is C30H36F4O2. The van der Waals surface area contributed by atoms with Crippen molar-refractivity contribution in [1.29, 1.82) is 0 Å². The predicted molar refractivity (Wildman–Crippen MR) is 134 cm³/mol. The molecule has 6 heteroatoms. The van der Waals surface area contributed by atoms with Crippen molar-refractivity contribution in [2.75, 3.05) is 13.2 Å². The van der Waals surface area contributed by atoms with Gasteiger partial charge in [-0.05, 0) is 63.4 Å². The lowest BCUT2D eigenvalue weighted by molar-refractivity contribution is -0.0218. The van der Waals surface area contributed by atoms with Gasteiger partial charge in [0.05, 0.1) is 18.8 Å². The number of benzene rings is 2. The van der Waals surface area contributed by atoms with E-state index in [9.17, 15) is 8.78 Å². The lowest BCUT2D eigenvalue weighted by Crippen LogP contribution is -2.26. The van der Waals surface area contributed by atoms with E-state index < -0.39 is 29.4 Å². The van der Waals surface area contributed by atoms with Crippen molar-refractivity contribution in [2.45, 2.75) is 77.4 Å². The van der Waals surface area contributed by atoms with Gasteiger partial charge in [0, 0.05) is 29.2 Å². The van der Waals surface area contributed by atoms with Gasteiger partial charge in [-0.25, -0.2) is 17.6 Å². The minimum atomic E-state index is -1.18. The molecule has 2 aliphatic rings. The van der Waals surface area contributed by atoms with E-state index in [1.54, 1.807) is 0 Å². The average Bonchev–Trinajstić information content (AvgIpc) is 2.89. The van der Waals surface area contributed by atoms with Crippen LogP contribution in [0.2, 0.25) is 0 Å². The number of allylic oxidation sites excluding steroid dienone is 1. The lowest BCUT2D eigenvalue weighted by atomic mass is 9.90. The first kappa shape index (κ1) is 26.9. The molecule has 0 radical (unpaired) electrons. The van der Waals surface area contributed by atoms with Gasteiger partial charge < -0.3 is 9.47 Å². The van der Waals surface area contributed by atoms with Crippen LogP contribution in [0.4, 0.5) is 17.6 Å². The second-order valence-electron chi connectivity index (χ2n) is 10.1. The summed E-state index contributed by atoms with van der Waals surface area (Å²) in [5, 5.41) is 0. The minimum Gasteiger partial charge on any atom is -0.378 e. The molecule has 2 aromatic rings. The Balaban J connectivity index is 1.44. The van der Waals surface area contributed by atoms with Crippen molar-refractivity contribution in [1.82, 2.24) is 0 Å². The minimum absolute atomic E-state index is 0.114. The monoisotopic (exact) mass is 504 g/mol. The molecule has 0 N–H and O–H groups in total. The molecule has 0 saturated carbocycles. The van der Waals surface area contributed by atoms with Crippen LogP contribution in [0, 0.1) is 35.1 Å². The van der Waals surface area contributed by atoms with Gasteiger partial charge in [0.15, 0.2) is 23.3 Å². The lowest BCUT2D eigenvalue weighted by Gasteiger charge is -2.29. The number of hydrogen-bond acceptors (Lipinski definition) is 2. The molecule has 2 nitrogen and oxygen atoms in total. The molecule has 2 aliphatic heterocycles. The maximum absolute atomic E-state index is 15.0. The Kier molecular flexibility index (Phi) is 9.24. The van der Waals surface area contributed by atoms with Gasteiger partial charge in [-0.15, -0.1) is 0 Å².